The van der Waals surface area contributed by atoms with E-state index in [1.165, 1.54) is 57.8 Å². The Morgan fingerprint density at radius 1 is 0.300 bits per heavy atom. The summed E-state index contributed by atoms with van der Waals surface area (Å²) in [7, 11) is 0. The molecule has 0 saturated carbocycles. The SMILES string of the molecule is CC/C=C\C/C=C\C/C=C\C/C=C\C/C=C\C/C=C\CCC(=O)OCC(COC(=O)CCCCCCC/C=C\CCCCCCC)OC(=O)CCCCCCCC/C=C\C/C=C\C/C=C\C/C=C\CC. The summed E-state index contributed by atoms with van der Waals surface area (Å²) >= 11 is 0. The van der Waals surface area contributed by atoms with Crippen molar-refractivity contribution >= 4 is 17.9 Å². The molecule has 0 N–H and O–H groups in total. The number of unbranched alkanes of at least 4 members (excludes halogenated alkanes) is 16. The van der Waals surface area contributed by atoms with Crippen LogP contribution < -0.4 is 0 Å². The Morgan fingerprint density at radius 2 is 0.586 bits per heavy atom. The second kappa shape index (κ2) is 57.1. The van der Waals surface area contributed by atoms with Gasteiger partial charge in [-0.2, -0.15) is 0 Å². The van der Waals surface area contributed by atoms with Gasteiger partial charge in [-0.15, -0.1) is 0 Å². The fraction of sp³-hybridized carbons (Fsp3) is 0.609. The average molecular weight is 968 g/mol. The van der Waals surface area contributed by atoms with Crippen molar-refractivity contribution in [1.82, 2.24) is 0 Å². The summed E-state index contributed by atoms with van der Waals surface area (Å²) in [6.07, 6.45) is 80.2. The highest BCUT2D eigenvalue weighted by Gasteiger charge is 2.19. The Balaban J connectivity index is 4.56. The third kappa shape index (κ3) is 54.5. The molecule has 0 aromatic rings. The molecule has 0 aliphatic rings. The minimum absolute atomic E-state index is 0.116. The molecule has 6 heteroatoms. The molecule has 0 spiro atoms. The van der Waals surface area contributed by atoms with Crippen molar-refractivity contribution in [3.05, 3.63) is 134 Å². The zero-order chi connectivity index (χ0) is 50.7. The monoisotopic (exact) mass is 967 g/mol. The van der Waals surface area contributed by atoms with Gasteiger partial charge in [-0.05, 0) is 122 Å². The summed E-state index contributed by atoms with van der Waals surface area (Å²) < 4.78 is 16.8. The van der Waals surface area contributed by atoms with Crippen LogP contribution in [0, 0.1) is 0 Å². The van der Waals surface area contributed by atoms with Crippen LogP contribution in [-0.2, 0) is 28.6 Å². The third-order valence-electron chi connectivity index (χ3n) is 11.4. The van der Waals surface area contributed by atoms with Crippen LogP contribution in [0.5, 0.6) is 0 Å². The average Bonchev–Trinajstić information content (AvgIpc) is 3.36. The first kappa shape index (κ1) is 65.5. The molecule has 0 aromatic heterocycles. The topological polar surface area (TPSA) is 78.9 Å². The Hall–Kier alpha value is -4.45. The number of allylic oxidation sites excluding steroid dienone is 22. The van der Waals surface area contributed by atoms with Gasteiger partial charge in [0.15, 0.2) is 6.10 Å². The zero-order valence-electron chi connectivity index (χ0n) is 45.0. The minimum Gasteiger partial charge on any atom is -0.462 e. The summed E-state index contributed by atoms with van der Waals surface area (Å²) in [5.41, 5.74) is 0. The molecule has 0 heterocycles. The summed E-state index contributed by atoms with van der Waals surface area (Å²) in [5, 5.41) is 0. The maximum atomic E-state index is 12.9. The highest BCUT2D eigenvalue weighted by molar-refractivity contribution is 5.71. The van der Waals surface area contributed by atoms with Crippen molar-refractivity contribution in [2.45, 2.75) is 239 Å². The van der Waals surface area contributed by atoms with Crippen molar-refractivity contribution in [2.75, 3.05) is 13.2 Å². The number of carbonyl (C=O) groups is 3. The molecule has 70 heavy (non-hydrogen) atoms. The summed E-state index contributed by atoms with van der Waals surface area (Å²) in [5.74, 6) is -1.03. The number of carbonyl (C=O) groups excluding carboxylic acids is 3. The van der Waals surface area contributed by atoms with E-state index in [-0.39, 0.29) is 44.0 Å². The fourth-order valence-electron chi connectivity index (χ4n) is 7.22. The van der Waals surface area contributed by atoms with E-state index in [1.54, 1.807) is 0 Å². The van der Waals surface area contributed by atoms with Crippen molar-refractivity contribution in [3.63, 3.8) is 0 Å². The molecule has 0 saturated heterocycles. The van der Waals surface area contributed by atoms with Crippen LogP contribution in [0.3, 0.4) is 0 Å². The van der Waals surface area contributed by atoms with E-state index in [9.17, 15) is 14.4 Å². The van der Waals surface area contributed by atoms with Crippen LogP contribution in [0.15, 0.2) is 134 Å². The molecule has 0 amide bonds. The highest BCUT2D eigenvalue weighted by Crippen LogP contribution is 2.13. The molecule has 0 aromatic carbocycles. The number of hydrogen-bond donors (Lipinski definition) is 0. The maximum Gasteiger partial charge on any atom is 0.306 e. The molecule has 394 valence electrons. The molecule has 1 atom stereocenters. The maximum absolute atomic E-state index is 12.9. The lowest BCUT2D eigenvalue weighted by Crippen LogP contribution is -2.30. The normalized spacial score (nSPS) is 13.1. The van der Waals surface area contributed by atoms with Gasteiger partial charge in [-0.1, -0.05) is 225 Å². The Kier molecular flexibility index (Phi) is 53.5. The van der Waals surface area contributed by atoms with E-state index in [0.29, 0.717) is 12.8 Å². The zero-order valence-corrected chi connectivity index (χ0v) is 45.0. The van der Waals surface area contributed by atoms with E-state index in [2.05, 4.69) is 142 Å². The molecule has 0 rings (SSSR count). The van der Waals surface area contributed by atoms with Crippen molar-refractivity contribution < 1.29 is 28.6 Å². The molecule has 0 radical (unpaired) electrons. The predicted molar refractivity (Wildman–Crippen MR) is 302 cm³/mol. The Labute approximate surface area is 430 Å². The molecule has 0 aliphatic carbocycles. The van der Waals surface area contributed by atoms with Crippen LogP contribution in [0.2, 0.25) is 0 Å². The molecule has 0 bridgehead atoms. The first-order chi connectivity index (χ1) is 34.5. The second-order valence-electron chi connectivity index (χ2n) is 18.1. The Bertz CT molecular complexity index is 1530. The van der Waals surface area contributed by atoms with Crippen molar-refractivity contribution in [2.24, 2.45) is 0 Å². The third-order valence-corrected chi connectivity index (χ3v) is 11.4. The smallest absolute Gasteiger partial charge is 0.306 e. The van der Waals surface area contributed by atoms with Gasteiger partial charge in [-0.25, -0.2) is 0 Å². The second-order valence-corrected chi connectivity index (χ2v) is 18.1. The number of hydrogen-bond acceptors (Lipinski definition) is 6. The van der Waals surface area contributed by atoms with Gasteiger partial charge in [-0.3, -0.25) is 14.4 Å². The number of rotatable bonds is 49. The van der Waals surface area contributed by atoms with Crippen LogP contribution >= 0.6 is 0 Å². The summed E-state index contributed by atoms with van der Waals surface area (Å²) in [6, 6.07) is 0. The van der Waals surface area contributed by atoms with Crippen LogP contribution in [0.4, 0.5) is 0 Å². The van der Waals surface area contributed by atoms with Crippen molar-refractivity contribution in [1.29, 1.82) is 0 Å². The largest absolute Gasteiger partial charge is 0.462 e. The molecule has 6 nitrogen and oxygen atoms in total. The number of esters is 3. The van der Waals surface area contributed by atoms with Gasteiger partial charge in [0, 0.05) is 19.3 Å². The quantitative estimate of drug-likeness (QED) is 0.0262. The van der Waals surface area contributed by atoms with E-state index in [4.69, 9.17) is 14.2 Å². The first-order valence-electron chi connectivity index (χ1n) is 28.2. The van der Waals surface area contributed by atoms with E-state index in [1.807, 2.05) is 12.2 Å². The molecular weight excluding hydrogens is 865 g/mol. The highest BCUT2D eigenvalue weighted by atomic mass is 16.6. The molecular formula is C64H102O6. The molecule has 0 fully saturated rings. The van der Waals surface area contributed by atoms with E-state index in [0.717, 1.165) is 128 Å². The lowest BCUT2D eigenvalue weighted by Gasteiger charge is -2.18. The lowest BCUT2D eigenvalue weighted by molar-refractivity contribution is -0.166. The van der Waals surface area contributed by atoms with Gasteiger partial charge >= 0.3 is 17.9 Å². The summed E-state index contributed by atoms with van der Waals surface area (Å²) in [6.45, 7) is 6.31. The number of ether oxygens (including phenoxy) is 3. The standard InChI is InChI=1S/C64H102O6/c1-4-7-10-13-16-19-22-25-28-30-32-34-36-39-42-45-48-51-54-57-63(66)69-60-61(59-68-62(65)56-53-50-47-44-41-38-27-24-21-18-15-12-9-6-3)70-64(67)58-55-52-49-46-43-40-37-35-33-31-29-26-23-20-17-14-11-8-5-2/h7-8,10-11,16-17,19-20,24-29,32-35,39,42,48,51,61H,4-6,9,12-15,18,21-23,30-31,36-38,40-41,43-47,49-50,52-60H2,1-3H3/b10-7-,11-8-,19-16-,20-17-,27-24-,28-25-,29-26-,34-32-,35-33-,42-39-,51-48-. The first-order valence-corrected chi connectivity index (χ1v) is 28.2. The van der Waals surface area contributed by atoms with Gasteiger partial charge in [0.05, 0.1) is 0 Å². The van der Waals surface area contributed by atoms with Crippen molar-refractivity contribution in [3.8, 4) is 0 Å². The predicted octanol–water partition coefficient (Wildman–Crippen LogP) is 19.0. The van der Waals surface area contributed by atoms with Gasteiger partial charge in [0.2, 0.25) is 0 Å². The summed E-state index contributed by atoms with van der Waals surface area (Å²) in [4.78, 5) is 38.1. The van der Waals surface area contributed by atoms with Crippen LogP contribution in [0.1, 0.15) is 233 Å². The fourth-order valence-corrected chi connectivity index (χ4v) is 7.22. The minimum atomic E-state index is -0.825. The van der Waals surface area contributed by atoms with Gasteiger partial charge in [0.25, 0.3) is 0 Å². The van der Waals surface area contributed by atoms with Gasteiger partial charge < -0.3 is 14.2 Å². The van der Waals surface area contributed by atoms with Crippen LogP contribution in [0.25, 0.3) is 0 Å². The van der Waals surface area contributed by atoms with E-state index < -0.39 is 6.10 Å². The molecule has 1 unspecified atom stereocenters. The molecule has 0 aliphatic heterocycles. The Morgan fingerprint density at radius 3 is 0.971 bits per heavy atom. The lowest BCUT2D eigenvalue weighted by atomic mass is 10.1. The van der Waals surface area contributed by atoms with Gasteiger partial charge in [0.1, 0.15) is 13.2 Å². The van der Waals surface area contributed by atoms with E-state index >= 15 is 0 Å². The van der Waals surface area contributed by atoms with Crippen LogP contribution in [-0.4, -0.2) is 37.2 Å².